The smallest absolute Gasteiger partial charge is 0.416 e. The maximum absolute atomic E-state index is 13.7. The van der Waals surface area contributed by atoms with E-state index in [-0.39, 0.29) is 5.91 Å². The fourth-order valence-electron chi connectivity index (χ4n) is 5.21. The van der Waals surface area contributed by atoms with Crippen LogP contribution in [-0.2, 0) is 22.8 Å². The molecule has 3 aromatic carbocycles. The van der Waals surface area contributed by atoms with E-state index >= 15 is 0 Å². The molecule has 0 bridgehead atoms. The predicted molar refractivity (Wildman–Crippen MR) is 144 cm³/mol. The molecule has 0 unspecified atom stereocenters. The normalized spacial score (nSPS) is 15.6. The van der Waals surface area contributed by atoms with E-state index in [4.69, 9.17) is 4.74 Å². The molecule has 1 saturated carbocycles. The molecule has 1 amide bonds. The van der Waals surface area contributed by atoms with Crippen molar-refractivity contribution in [2.75, 3.05) is 13.6 Å². The lowest BCUT2D eigenvalue weighted by Gasteiger charge is -2.43. The van der Waals surface area contributed by atoms with E-state index < -0.39 is 23.3 Å². The average Bonchev–Trinajstić information content (AvgIpc) is 2.86. The third-order valence-corrected chi connectivity index (χ3v) is 7.47. The Hall–Kier alpha value is -3.28. The van der Waals surface area contributed by atoms with Crippen LogP contribution in [0, 0.1) is 5.92 Å². The topological polar surface area (TPSA) is 29.5 Å². The van der Waals surface area contributed by atoms with E-state index in [2.05, 4.69) is 38.1 Å². The van der Waals surface area contributed by atoms with Crippen LogP contribution in [0.5, 0.6) is 5.75 Å². The molecule has 0 heterocycles. The molecule has 202 valence electrons. The van der Waals surface area contributed by atoms with Crippen LogP contribution in [0.15, 0.2) is 78.9 Å². The van der Waals surface area contributed by atoms with Crippen molar-refractivity contribution in [3.63, 3.8) is 0 Å². The van der Waals surface area contributed by atoms with Crippen molar-refractivity contribution in [2.24, 2.45) is 5.92 Å². The molecule has 4 rings (SSSR count). The van der Waals surface area contributed by atoms with E-state index in [0.29, 0.717) is 24.6 Å². The number of carbonyl (C=O) groups excluding carboxylic acids is 1. The van der Waals surface area contributed by atoms with Crippen molar-refractivity contribution in [3.05, 3.63) is 101 Å². The van der Waals surface area contributed by atoms with Crippen molar-refractivity contribution in [1.82, 2.24) is 4.90 Å². The highest BCUT2D eigenvalue weighted by Gasteiger charge is 2.47. The summed E-state index contributed by atoms with van der Waals surface area (Å²) in [7, 11) is 1.83. The molecular formula is C32H36F3NO2. The van der Waals surface area contributed by atoms with Crippen molar-refractivity contribution in [3.8, 4) is 5.75 Å². The van der Waals surface area contributed by atoms with E-state index in [1.54, 1.807) is 4.90 Å². The lowest BCUT2D eigenvalue weighted by Crippen LogP contribution is -2.50. The van der Waals surface area contributed by atoms with Gasteiger partial charge in [-0.1, -0.05) is 74.9 Å². The van der Waals surface area contributed by atoms with Gasteiger partial charge in [0.25, 0.3) is 0 Å². The van der Waals surface area contributed by atoms with Gasteiger partial charge in [0, 0.05) is 20.0 Å². The van der Waals surface area contributed by atoms with Crippen molar-refractivity contribution in [2.45, 2.75) is 63.6 Å². The van der Waals surface area contributed by atoms with Crippen LogP contribution in [0.3, 0.4) is 0 Å². The maximum Gasteiger partial charge on any atom is 0.416 e. The minimum absolute atomic E-state index is 0.113. The molecule has 1 aliphatic carbocycles. The van der Waals surface area contributed by atoms with Gasteiger partial charge in [0.2, 0.25) is 5.91 Å². The van der Waals surface area contributed by atoms with Crippen LogP contribution in [0.4, 0.5) is 13.2 Å². The molecule has 3 nitrogen and oxygen atoms in total. The van der Waals surface area contributed by atoms with E-state index in [9.17, 15) is 18.0 Å². The summed E-state index contributed by atoms with van der Waals surface area (Å²) in [6.45, 7) is 4.86. The minimum atomic E-state index is -4.40. The zero-order valence-electron chi connectivity index (χ0n) is 22.3. The summed E-state index contributed by atoms with van der Waals surface area (Å²) >= 11 is 0. The van der Waals surface area contributed by atoms with Gasteiger partial charge in [0.15, 0.2) is 0 Å². The number of rotatable bonds is 10. The summed E-state index contributed by atoms with van der Waals surface area (Å²) < 4.78 is 45.1. The number of amides is 1. The molecule has 0 radical (unpaired) electrons. The van der Waals surface area contributed by atoms with Gasteiger partial charge in [-0.05, 0) is 66.1 Å². The standard InChI is InChI=1S/C32H36F3NO2/c1-23(2)22-24-10-12-26(13-11-24)31(19-7-20-31)30(37)36(3)21-18-29(25-8-5-4-6-9-25)38-28-16-14-27(15-17-28)32(33,34)35/h4-6,8-17,23,29H,7,18-22H2,1-3H3/t29-/m1/s1. The van der Waals surface area contributed by atoms with Crippen LogP contribution >= 0.6 is 0 Å². The Morgan fingerprint density at radius 3 is 2.11 bits per heavy atom. The fourth-order valence-corrected chi connectivity index (χ4v) is 5.21. The fraction of sp³-hybridized carbons (Fsp3) is 0.406. The van der Waals surface area contributed by atoms with Crippen LogP contribution in [-0.4, -0.2) is 24.4 Å². The summed E-state index contributed by atoms with van der Waals surface area (Å²) in [5, 5.41) is 0. The number of hydrogen-bond donors (Lipinski definition) is 0. The molecule has 0 aromatic heterocycles. The number of hydrogen-bond acceptors (Lipinski definition) is 2. The zero-order chi connectivity index (χ0) is 27.3. The van der Waals surface area contributed by atoms with Gasteiger partial charge in [-0.2, -0.15) is 13.2 Å². The lowest BCUT2D eigenvalue weighted by molar-refractivity contribution is -0.140. The van der Waals surface area contributed by atoms with Crippen molar-refractivity contribution < 1.29 is 22.7 Å². The Balaban J connectivity index is 1.46. The van der Waals surface area contributed by atoms with Crippen molar-refractivity contribution >= 4 is 5.91 Å². The Labute approximate surface area is 223 Å². The summed E-state index contributed by atoms with van der Waals surface area (Å²) in [6, 6.07) is 22.8. The first-order chi connectivity index (χ1) is 18.1. The SMILES string of the molecule is CC(C)Cc1ccc(C2(C(=O)N(C)CC[C@@H](Oc3ccc(C(F)(F)F)cc3)c3ccccc3)CCC2)cc1. The largest absolute Gasteiger partial charge is 0.486 e. The second-order valence-corrected chi connectivity index (χ2v) is 10.8. The lowest BCUT2D eigenvalue weighted by atomic mass is 9.63. The van der Waals surface area contributed by atoms with E-state index in [1.807, 2.05) is 37.4 Å². The van der Waals surface area contributed by atoms with Crippen LogP contribution < -0.4 is 4.74 Å². The first-order valence-corrected chi connectivity index (χ1v) is 13.3. The first kappa shape index (κ1) is 27.7. The average molecular weight is 524 g/mol. The predicted octanol–water partition coefficient (Wildman–Crippen LogP) is 7.99. The summed E-state index contributed by atoms with van der Waals surface area (Å²) in [5.41, 5.74) is 2.07. The van der Waals surface area contributed by atoms with Crippen LogP contribution in [0.25, 0.3) is 0 Å². The Kier molecular flexibility index (Phi) is 8.49. The highest BCUT2D eigenvalue weighted by atomic mass is 19.4. The Bertz CT molecular complexity index is 1180. The molecule has 3 aromatic rings. The maximum atomic E-state index is 13.7. The second-order valence-electron chi connectivity index (χ2n) is 10.8. The van der Waals surface area contributed by atoms with Crippen LogP contribution in [0.2, 0.25) is 0 Å². The van der Waals surface area contributed by atoms with E-state index in [0.717, 1.165) is 48.9 Å². The van der Waals surface area contributed by atoms with Gasteiger partial charge in [-0.15, -0.1) is 0 Å². The minimum Gasteiger partial charge on any atom is -0.486 e. The summed E-state index contributed by atoms with van der Waals surface area (Å²) in [5.74, 6) is 1.05. The molecule has 1 fully saturated rings. The van der Waals surface area contributed by atoms with Gasteiger partial charge in [0.1, 0.15) is 11.9 Å². The van der Waals surface area contributed by atoms with Crippen LogP contribution in [0.1, 0.15) is 67.9 Å². The third kappa shape index (κ3) is 6.40. The van der Waals surface area contributed by atoms with Gasteiger partial charge in [0.05, 0.1) is 11.0 Å². The molecule has 6 heteroatoms. The van der Waals surface area contributed by atoms with Gasteiger partial charge >= 0.3 is 6.18 Å². The van der Waals surface area contributed by atoms with E-state index in [1.165, 1.54) is 17.7 Å². The Morgan fingerprint density at radius 1 is 0.947 bits per heavy atom. The van der Waals surface area contributed by atoms with Crippen molar-refractivity contribution in [1.29, 1.82) is 0 Å². The molecule has 0 aliphatic heterocycles. The molecular weight excluding hydrogens is 487 g/mol. The zero-order valence-corrected chi connectivity index (χ0v) is 22.3. The molecule has 1 atom stereocenters. The quantitative estimate of drug-likeness (QED) is 0.270. The monoisotopic (exact) mass is 523 g/mol. The van der Waals surface area contributed by atoms with Gasteiger partial charge < -0.3 is 9.64 Å². The Morgan fingerprint density at radius 2 is 1.58 bits per heavy atom. The molecule has 38 heavy (non-hydrogen) atoms. The molecule has 0 spiro atoms. The number of ether oxygens (including phenoxy) is 1. The molecule has 0 N–H and O–H groups in total. The molecule has 1 aliphatic rings. The highest BCUT2D eigenvalue weighted by molar-refractivity contribution is 5.89. The number of carbonyl (C=O) groups is 1. The van der Waals surface area contributed by atoms with Gasteiger partial charge in [-0.3, -0.25) is 4.79 Å². The molecule has 0 saturated heterocycles. The van der Waals surface area contributed by atoms with Gasteiger partial charge in [-0.25, -0.2) is 0 Å². The number of halogens is 3. The summed E-state index contributed by atoms with van der Waals surface area (Å²) in [6.07, 6.45) is -0.578. The number of benzene rings is 3. The highest BCUT2D eigenvalue weighted by Crippen LogP contribution is 2.45. The second kappa shape index (κ2) is 11.6. The first-order valence-electron chi connectivity index (χ1n) is 13.3. The summed E-state index contributed by atoms with van der Waals surface area (Å²) in [4.78, 5) is 15.5. The number of nitrogens with zero attached hydrogens (tertiary/aromatic N) is 1. The number of likely N-dealkylation sites (N-methyl/N-ethyl adjacent to an activating group) is 1. The third-order valence-electron chi connectivity index (χ3n) is 7.47. The number of alkyl halides is 3.